The van der Waals surface area contributed by atoms with Crippen LogP contribution in [0.3, 0.4) is 0 Å². The number of carbonyl (C=O) groups excluding carboxylic acids is 1. The van der Waals surface area contributed by atoms with Crippen LogP contribution in [0.1, 0.15) is 30.5 Å². The average molecular weight is 275 g/mol. The van der Waals surface area contributed by atoms with Crippen molar-refractivity contribution in [2.24, 2.45) is 0 Å². The van der Waals surface area contributed by atoms with Crippen LogP contribution >= 0.6 is 11.3 Å². The summed E-state index contributed by atoms with van der Waals surface area (Å²) in [6.07, 6.45) is 1.81. The number of amides is 1. The summed E-state index contributed by atoms with van der Waals surface area (Å²) < 4.78 is 0. The highest BCUT2D eigenvalue weighted by molar-refractivity contribution is 7.09. The van der Waals surface area contributed by atoms with Gasteiger partial charge in [-0.05, 0) is 24.6 Å². The van der Waals surface area contributed by atoms with Gasteiger partial charge in [-0.2, -0.15) is 0 Å². The van der Waals surface area contributed by atoms with Gasteiger partial charge in [-0.15, -0.1) is 11.3 Å². The van der Waals surface area contributed by atoms with Crippen molar-refractivity contribution in [3.63, 3.8) is 0 Å². The second-order valence-electron chi connectivity index (χ2n) is 4.34. The standard InChI is InChI=1S/C14H17N3OS/c1-10(16-9-14-15-6-7-19-14)12-4-3-5-13(8-12)17-11(2)18/h3-8,10,16H,9H2,1-2H3,(H,17,18). The number of hydrogen-bond donors (Lipinski definition) is 2. The van der Waals surface area contributed by atoms with Gasteiger partial charge in [0.15, 0.2) is 0 Å². The maximum Gasteiger partial charge on any atom is 0.221 e. The number of thiazole rings is 1. The fourth-order valence-corrected chi connectivity index (χ4v) is 2.35. The zero-order valence-electron chi connectivity index (χ0n) is 11.0. The molecule has 0 fully saturated rings. The monoisotopic (exact) mass is 275 g/mol. The van der Waals surface area contributed by atoms with Crippen LogP contribution in [0, 0.1) is 0 Å². The summed E-state index contributed by atoms with van der Waals surface area (Å²) >= 11 is 1.64. The van der Waals surface area contributed by atoms with Gasteiger partial charge < -0.3 is 10.6 Å². The van der Waals surface area contributed by atoms with Crippen molar-refractivity contribution >= 4 is 22.9 Å². The Labute approximate surface area is 116 Å². The number of nitrogens with one attached hydrogen (secondary N) is 2. The van der Waals surface area contributed by atoms with Crippen LogP contribution < -0.4 is 10.6 Å². The topological polar surface area (TPSA) is 54.0 Å². The molecule has 0 bridgehead atoms. The average Bonchev–Trinajstić information content (AvgIpc) is 2.88. The molecule has 2 N–H and O–H groups in total. The molecule has 1 aromatic carbocycles. The number of hydrogen-bond acceptors (Lipinski definition) is 4. The van der Waals surface area contributed by atoms with Gasteiger partial charge >= 0.3 is 0 Å². The summed E-state index contributed by atoms with van der Waals surface area (Å²) in [7, 11) is 0. The van der Waals surface area contributed by atoms with Gasteiger partial charge in [0.25, 0.3) is 0 Å². The normalized spacial score (nSPS) is 12.1. The van der Waals surface area contributed by atoms with E-state index in [0.29, 0.717) is 0 Å². The Hall–Kier alpha value is -1.72. The molecule has 0 saturated heterocycles. The van der Waals surface area contributed by atoms with Crippen LogP contribution in [0.4, 0.5) is 5.69 Å². The van der Waals surface area contributed by atoms with Crippen LogP contribution in [0.25, 0.3) is 0 Å². The lowest BCUT2D eigenvalue weighted by molar-refractivity contribution is -0.114. The van der Waals surface area contributed by atoms with E-state index >= 15 is 0 Å². The van der Waals surface area contributed by atoms with Gasteiger partial charge in [-0.1, -0.05) is 12.1 Å². The summed E-state index contributed by atoms with van der Waals surface area (Å²) in [4.78, 5) is 15.3. The minimum atomic E-state index is -0.0550. The maximum absolute atomic E-state index is 11.0. The molecule has 1 heterocycles. The molecule has 1 amide bonds. The first-order chi connectivity index (χ1) is 9.15. The van der Waals surface area contributed by atoms with Crippen LogP contribution in [-0.2, 0) is 11.3 Å². The number of benzene rings is 1. The third-order valence-electron chi connectivity index (χ3n) is 2.75. The van der Waals surface area contributed by atoms with E-state index < -0.39 is 0 Å². The molecule has 4 nitrogen and oxygen atoms in total. The molecule has 100 valence electrons. The van der Waals surface area contributed by atoms with E-state index in [-0.39, 0.29) is 11.9 Å². The second-order valence-corrected chi connectivity index (χ2v) is 5.31. The minimum absolute atomic E-state index is 0.0550. The van der Waals surface area contributed by atoms with Gasteiger partial charge in [-0.3, -0.25) is 4.79 Å². The molecule has 1 aromatic heterocycles. The third-order valence-corrected chi connectivity index (χ3v) is 3.53. The molecule has 2 aromatic rings. The van der Waals surface area contributed by atoms with E-state index in [1.54, 1.807) is 11.3 Å². The van der Waals surface area contributed by atoms with Crippen molar-refractivity contribution in [1.29, 1.82) is 0 Å². The Balaban J connectivity index is 1.98. The van der Waals surface area contributed by atoms with E-state index in [2.05, 4.69) is 22.5 Å². The number of aromatic nitrogens is 1. The summed E-state index contributed by atoms with van der Waals surface area (Å²) in [5.41, 5.74) is 1.97. The van der Waals surface area contributed by atoms with Crippen LogP contribution in [0.2, 0.25) is 0 Å². The Morgan fingerprint density at radius 2 is 2.32 bits per heavy atom. The fraction of sp³-hybridized carbons (Fsp3) is 0.286. The van der Waals surface area contributed by atoms with Crippen LogP contribution in [0.15, 0.2) is 35.8 Å². The molecule has 2 rings (SSSR count). The quantitative estimate of drug-likeness (QED) is 0.882. The first kappa shape index (κ1) is 13.7. The summed E-state index contributed by atoms with van der Waals surface area (Å²) in [6, 6.07) is 8.07. The van der Waals surface area contributed by atoms with E-state index in [4.69, 9.17) is 0 Å². The third kappa shape index (κ3) is 4.15. The van der Waals surface area contributed by atoms with Crippen molar-refractivity contribution in [3.05, 3.63) is 46.4 Å². The molecule has 1 unspecified atom stereocenters. The van der Waals surface area contributed by atoms with E-state index in [0.717, 1.165) is 22.8 Å². The van der Waals surface area contributed by atoms with Crippen molar-refractivity contribution in [3.8, 4) is 0 Å². The summed E-state index contributed by atoms with van der Waals surface area (Å²) in [5.74, 6) is -0.0550. The number of rotatable bonds is 5. The van der Waals surface area contributed by atoms with Crippen molar-refractivity contribution in [2.75, 3.05) is 5.32 Å². The first-order valence-electron chi connectivity index (χ1n) is 6.14. The smallest absolute Gasteiger partial charge is 0.221 e. The van der Waals surface area contributed by atoms with E-state index in [1.165, 1.54) is 6.92 Å². The molecular formula is C14H17N3OS. The highest BCUT2D eigenvalue weighted by Crippen LogP contribution is 2.18. The van der Waals surface area contributed by atoms with Gasteiger partial charge in [0.1, 0.15) is 5.01 Å². The molecule has 0 aliphatic rings. The Morgan fingerprint density at radius 1 is 1.47 bits per heavy atom. The van der Waals surface area contributed by atoms with Crippen LogP contribution in [-0.4, -0.2) is 10.9 Å². The highest BCUT2D eigenvalue weighted by atomic mass is 32.1. The van der Waals surface area contributed by atoms with E-state index in [9.17, 15) is 4.79 Å². The summed E-state index contributed by atoms with van der Waals surface area (Å²) in [5, 5.41) is 9.26. The lowest BCUT2D eigenvalue weighted by Gasteiger charge is -2.14. The van der Waals surface area contributed by atoms with E-state index in [1.807, 2.05) is 35.8 Å². The zero-order valence-corrected chi connectivity index (χ0v) is 11.8. The summed E-state index contributed by atoms with van der Waals surface area (Å²) in [6.45, 7) is 4.36. The Bertz CT molecular complexity index is 539. The van der Waals surface area contributed by atoms with Gasteiger partial charge in [-0.25, -0.2) is 4.98 Å². The van der Waals surface area contributed by atoms with Gasteiger partial charge in [0, 0.05) is 36.8 Å². The van der Waals surface area contributed by atoms with Crippen LogP contribution in [0.5, 0.6) is 0 Å². The molecule has 0 saturated carbocycles. The number of nitrogens with zero attached hydrogens (tertiary/aromatic N) is 1. The van der Waals surface area contributed by atoms with Gasteiger partial charge in [0.2, 0.25) is 5.91 Å². The largest absolute Gasteiger partial charge is 0.326 e. The fourth-order valence-electron chi connectivity index (χ4n) is 1.79. The molecule has 0 radical (unpaired) electrons. The second kappa shape index (κ2) is 6.45. The lowest BCUT2D eigenvalue weighted by Crippen LogP contribution is -2.18. The molecular weight excluding hydrogens is 258 g/mol. The Kier molecular flexibility index (Phi) is 4.65. The lowest BCUT2D eigenvalue weighted by atomic mass is 10.1. The maximum atomic E-state index is 11.0. The first-order valence-corrected chi connectivity index (χ1v) is 7.02. The molecule has 5 heteroatoms. The van der Waals surface area contributed by atoms with Crippen molar-refractivity contribution in [1.82, 2.24) is 10.3 Å². The number of anilines is 1. The van der Waals surface area contributed by atoms with Crippen molar-refractivity contribution < 1.29 is 4.79 Å². The molecule has 0 aliphatic heterocycles. The Morgan fingerprint density at radius 3 is 3.00 bits per heavy atom. The predicted molar refractivity (Wildman–Crippen MR) is 78.1 cm³/mol. The SMILES string of the molecule is CC(=O)Nc1cccc(C(C)NCc2nccs2)c1. The molecule has 1 atom stereocenters. The highest BCUT2D eigenvalue weighted by Gasteiger charge is 2.07. The number of carbonyl (C=O) groups is 1. The minimum Gasteiger partial charge on any atom is -0.326 e. The van der Waals surface area contributed by atoms with Gasteiger partial charge in [0.05, 0.1) is 0 Å². The van der Waals surface area contributed by atoms with Crippen molar-refractivity contribution in [2.45, 2.75) is 26.4 Å². The predicted octanol–water partition coefficient (Wildman–Crippen LogP) is 2.95. The molecule has 0 spiro atoms. The molecule has 19 heavy (non-hydrogen) atoms. The molecule has 0 aliphatic carbocycles. The zero-order chi connectivity index (χ0) is 13.7.